The fourth-order valence-electron chi connectivity index (χ4n) is 3.06. The van der Waals surface area contributed by atoms with Crippen molar-refractivity contribution in [3.05, 3.63) is 17.5 Å². The number of likely N-dealkylation sites (tertiary alicyclic amines) is 1. The quantitative estimate of drug-likeness (QED) is 0.737. The lowest BCUT2D eigenvalue weighted by Gasteiger charge is -2.32. The topological polar surface area (TPSA) is 42.3 Å². The summed E-state index contributed by atoms with van der Waals surface area (Å²) in [4.78, 5) is 2.57. The summed E-state index contributed by atoms with van der Waals surface area (Å²) in [6.45, 7) is 8.44. The Morgan fingerprint density at radius 2 is 2.33 bits per heavy atom. The zero-order valence-electron chi connectivity index (χ0n) is 13.8. The summed E-state index contributed by atoms with van der Waals surface area (Å²) in [5.41, 5.74) is 2.53. The molecule has 120 valence electrons. The van der Waals surface area contributed by atoms with E-state index in [4.69, 9.17) is 4.74 Å². The molecular formula is C16H30N4O. The van der Waals surface area contributed by atoms with Crippen molar-refractivity contribution in [3.8, 4) is 0 Å². The number of nitrogens with one attached hydrogen (secondary N) is 1. The molecule has 0 spiro atoms. The molecule has 1 saturated heterocycles. The number of hydrogen-bond acceptors (Lipinski definition) is 4. The summed E-state index contributed by atoms with van der Waals surface area (Å²) < 4.78 is 7.12. The number of methoxy groups -OCH3 is 1. The van der Waals surface area contributed by atoms with Crippen molar-refractivity contribution in [2.75, 3.05) is 39.9 Å². The highest BCUT2D eigenvalue weighted by Crippen LogP contribution is 2.18. The van der Waals surface area contributed by atoms with Crippen molar-refractivity contribution in [2.24, 2.45) is 13.0 Å². The average Bonchev–Trinajstić information content (AvgIpc) is 2.84. The Kier molecular flexibility index (Phi) is 6.67. The van der Waals surface area contributed by atoms with Gasteiger partial charge in [-0.05, 0) is 44.3 Å². The van der Waals surface area contributed by atoms with E-state index in [1.165, 1.54) is 37.3 Å². The molecule has 5 nitrogen and oxygen atoms in total. The molecule has 0 saturated carbocycles. The minimum Gasteiger partial charge on any atom is -0.383 e. The van der Waals surface area contributed by atoms with Gasteiger partial charge in [0, 0.05) is 33.8 Å². The van der Waals surface area contributed by atoms with Gasteiger partial charge in [-0.15, -0.1) is 0 Å². The third-order valence-electron chi connectivity index (χ3n) is 4.29. The zero-order chi connectivity index (χ0) is 15.1. The molecule has 1 aromatic rings. The number of nitrogens with zero attached hydrogens (tertiary/aromatic N) is 3. The predicted octanol–water partition coefficient (Wildman–Crippen LogP) is 1.43. The van der Waals surface area contributed by atoms with Gasteiger partial charge in [0.1, 0.15) is 0 Å². The van der Waals surface area contributed by atoms with E-state index in [1.54, 1.807) is 7.11 Å². The first-order chi connectivity index (χ1) is 10.2. The number of ether oxygens (including phenoxy) is 1. The Morgan fingerprint density at radius 1 is 1.48 bits per heavy atom. The highest BCUT2D eigenvalue weighted by atomic mass is 16.5. The fourth-order valence-corrected chi connectivity index (χ4v) is 3.06. The monoisotopic (exact) mass is 294 g/mol. The Labute approximate surface area is 128 Å². The van der Waals surface area contributed by atoms with Gasteiger partial charge >= 0.3 is 0 Å². The molecule has 0 radical (unpaired) electrons. The average molecular weight is 294 g/mol. The highest BCUT2D eigenvalue weighted by molar-refractivity contribution is 5.10. The van der Waals surface area contributed by atoms with E-state index in [2.05, 4.69) is 35.4 Å². The second-order valence-corrected chi connectivity index (χ2v) is 6.04. The van der Waals surface area contributed by atoms with Gasteiger partial charge < -0.3 is 10.1 Å². The molecule has 0 amide bonds. The number of rotatable bonds is 8. The maximum absolute atomic E-state index is 5.07. The van der Waals surface area contributed by atoms with E-state index in [0.717, 1.165) is 38.6 Å². The number of aryl methyl sites for hydroxylation is 2. The third-order valence-corrected chi connectivity index (χ3v) is 4.29. The largest absolute Gasteiger partial charge is 0.383 e. The summed E-state index contributed by atoms with van der Waals surface area (Å²) >= 11 is 0. The molecule has 1 aromatic heterocycles. The van der Waals surface area contributed by atoms with Crippen LogP contribution in [0.25, 0.3) is 0 Å². The number of hydrogen-bond donors (Lipinski definition) is 1. The standard InChI is InChI=1S/C16H30N4O/c1-4-15-10-16(19(2)18-15)13-20-8-5-6-14(12-20)11-17-7-9-21-3/h10,14,17H,4-9,11-13H2,1-3H3. The van der Waals surface area contributed by atoms with E-state index >= 15 is 0 Å². The molecule has 1 N–H and O–H groups in total. The zero-order valence-corrected chi connectivity index (χ0v) is 13.8. The molecule has 2 heterocycles. The van der Waals surface area contributed by atoms with Crippen molar-refractivity contribution in [3.63, 3.8) is 0 Å². The highest BCUT2D eigenvalue weighted by Gasteiger charge is 2.20. The lowest BCUT2D eigenvalue weighted by atomic mass is 9.98. The number of aromatic nitrogens is 2. The summed E-state index contributed by atoms with van der Waals surface area (Å²) in [6.07, 6.45) is 3.65. The normalized spacial score (nSPS) is 20.0. The van der Waals surface area contributed by atoms with Crippen molar-refractivity contribution in [1.82, 2.24) is 20.0 Å². The van der Waals surface area contributed by atoms with Crippen LogP contribution in [0.1, 0.15) is 31.2 Å². The Morgan fingerprint density at radius 3 is 3.05 bits per heavy atom. The second kappa shape index (κ2) is 8.51. The van der Waals surface area contributed by atoms with Crippen molar-refractivity contribution < 1.29 is 4.74 Å². The Hall–Kier alpha value is -0.910. The van der Waals surface area contributed by atoms with E-state index in [9.17, 15) is 0 Å². The molecule has 21 heavy (non-hydrogen) atoms. The van der Waals surface area contributed by atoms with Gasteiger partial charge in [-0.3, -0.25) is 9.58 Å². The van der Waals surface area contributed by atoms with Crippen LogP contribution in [-0.4, -0.2) is 54.6 Å². The van der Waals surface area contributed by atoms with Gasteiger partial charge in [-0.25, -0.2) is 0 Å². The van der Waals surface area contributed by atoms with E-state index in [1.807, 2.05) is 4.68 Å². The number of piperidine rings is 1. The Balaban J connectivity index is 1.79. The van der Waals surface area contributed by atoms with Gasteiger partial charge in [0.2, 0.25) is 0 Å². The summed E-state index contributed by atoms with van der Waals surface area (Å²) in [5.74, 6) is 0.759. The summed E-state index contributed by atoms with van der Waals surface area (Å²) in [6, 6.07) is 2.25. The minimum absolute atomic E-state index is 0.759. The van der Waals surface area contributed by atoms with Crippen LogP contribution in [0.5, 0.6) is 0 Å². The van der Waals surface area contributed by atoms with Gasteiger partial charge in [0.05, 0.1) is 18.0 Å². The van der Waals surface area contributed by atoms with Crippen LogP contribution in [0.15, 0.2) is 6.07 Å². The SMILES string of the molecule is CCc1cc(CN2CCCC(CNCCOC)C2)n(C)n1. The third kappa shape index (κ3) is 5.09. The first-order valence-corrected chi connectivity index (χ1v) is 8.16. The lowest BCUT2D eigenvalue weighted by molar-refractivity contribution is 0.156. The predicted molar refractivity (Wildman–Crippen MR) is 85.3 cm³/mol. The van der Waals surface area contributed by atoms with Gasteiger partial charge in [-0.1, -0.05) is 6.92 Å². The lowest BCUT2D eigenvalue weighted by Crippen LogP contribution is -2.40. The van der Waals surface area contributed by atoms with E-state index < -0.39 is 0 Å². The van der Waals surface area contributed by atoms with Crippen LogP contribution in [-0.2, 0) is 24.8 Å². The first-order valence-electron chi connectivity index (χ1n) is 8.16. The van der Waals surface area contributed by atoms with Crippen LogP contribution in [0.2, 0.25) is 0 Å². The fraction of sp³-hybridized carbons (Fsp3) is 0.812. The minimum atomic E-state index is 0.759. The van der Waals surface area contributed by atoms with Crippen molar-refractivity contribution >= 4 is 0 Å². The molecule has 1 fully saturated rings. The molecular weight excluding hydrogens is 264 g/mol. The van der Waals surface area contributed by atoms with Crippen molar-refractivity contribution in [2.45, 2.75) is 32.7 Å². The Bertz CT molecular complexity index is 418. The first kappa shape index (κ1) is 16.5. The maximum atomic E-state index is 5.07. The molecule has 1 atom stereocenters. The smallest absolute Gasteiger partial charge is 0.0625 e. The molecule has 0 aliphatic carbocycles. The second-order valence-electron chi connectivity index (χ2n) is 6.04. The molecule has 5 heteroatoms. The van der Waals surface area contributed by atoms with Gasteiger partial charge in [0.25, 0.3) is 0 Å². The molecule has 1 aliphatic heterocycles. The maximum Gasteiger partial charge on any atom is 0.0625 e. The van der Waals surface area contributed by atoms with Gasteiger partial charge in [0.15, 0.2) is 0 Å². The van der Waals surface area contributed by atoms with Crippen LogP contribution in [0, 0.1) is 5.92 Å². The van der Waals surface area contributed by atoms with Crippen LogP contribution in [0.3, 0.4) is 0 Å². The van der Waals surface area contributed by atoms with Crippen LogP contribution >= 0.6 is 0 Å². The molecule has 1 aliphatic rings. The van der Waals surface area contributed by atoms with E-state index in [0.29, 0.717) is 0 Å². The summed E-state index contributed by atoms with van der Waals surface area (Å²) in [7, 11) is 3.81. The molecule has 0 aromatic carbocycles. The molecule has 0 bridgehead atoms. The van der Waals surface area contributed by atoms with Gasteiger partial charge in [-0.2, -0.15) is 5.10 Å². The molecule has 1 unspecified atom stereocenters. The summed E-state index contributed by atoms with van der Waals surface area (Å²) in [5, 5.41) is 8.04. The van der Waals surface area contributed by atoms with E-state index in [-0.39, 0.29) is 0 Å². The molecule has 2 rings (SSSR count). The van der Waals surface area contributed by atoms with Crippen LogP contribution < -0.4 is 5.32 Å². The van der Waals surface area contributed by atoms with Crippen molar-refractivity contribution in [1.29, 1.82) is 0 Å². The van der Waals surface area contributed by atoms with Crippen LogP contribution in [0.4, 0.5) is 0 Å².